The Labute approximate surface area is 151 Å². The van der Waals surface area contributed by atoms with Crippen LogP contribution in [0.25, 0.3) is 0 Å². The van der Waals surface area contributed by atoms with Crippen LogP contribution in [0, 0.1) is 0 Å². The summed E-state index contributed by atoms with van der Waals surface area (Å²) in [5.74, 6) is 0.0822. The highest BCUT2D eigenvalue weighted by Gasteiger charge is 2.31. The lowest BCUT2D eigenvalue weighted by Gasteiger charge is -2.30. The molecule has 1 aliphatic heterocycles. The molecule has 0 aliphatic carbocycles. The minimum absolute atomic E-state index is 0.0822. The van der Waals surface area contributed by atoms with E-state index in [1.54, 1.807) is 0 Å². The SMILES string of the molecule is CC(C)(C(=O)NC[C@H](c1ccccc1)N1CCCC1)c1ccccc1. The molecule has 1 heterocycles. The van der Waals surface area contributed by atoms with E-state index < -0.39 is 5.41 Å². The summed E-state index contributed by atoms with van der Waals surface area (Å²) in [6.07, 6.45) is 2.49. The van der Waals surface area contributed by atoms with Gasteiger partial charge in [-0.25, -0.2) is 0 Å². The van der Waals surface area contributed by atoms with Crippen LogP contribution < -0.4 is 5.32 Å². The second-order valence-electron chi connectivity index (χ2n) is 7.37. The summed E-state index contributed by atoms with van der Waals surface area (Å²) in [5, 5.41) is 3.22. The summed E-state index contributed by atoms with van der Waals surface area (Å²) >= 11 is 0. The lowest BCUT2D eigenvalue weighted by Crippen LogP contribution is -2.44. The fourth-order valence-electron chi connectivity index (χ4n) is 3.58. The summed E-state index contributed by atoms with van der Waals surface area (Å²) in [5.41, 5.74) is 1.79. The third-order valence-corrected chi connectivity index (χ3v) is 5.28. The van der Waals surface area contributed by atoms with Crippen LogP contribution in [0.1, 0.15) is 43.9 Å². The molecule has 0 spiro atoms. The number of rotatable bonds is 6. The second-order valence-corrected chi connectivity index (χ2v) is 7.37. The molecular weight excluding hydrogens is 308 g/mol. The van der Waals surface area contributed by atoms with Crippen molar-refractivity contribution in [3.05, 3.63) is 71.8 Å². The Bertz CT molecular complexity index is 676. The smallest absolute Gasteiger partial charge is 0.230 e. The largest absolute Gasteiger partial charge is 0.353 e. The predicted molar refractivity (Wildman–Crippen MR) is 102 cm³/mol. The molecule has 132 valence electrons. The maximum absolute atomic E-state index is 12.9. The van der Waals surface area contributed by atoms with Gasteiger partial charge in [0.25, 0.3) is 0 Å². The fourth-order valence-corrected chi connectivity index (χ4v) is 3.58. The van der Waals surface area contributed by atoms with E-state index in [0.29, 0.717) is 6.54 Å². The average Bonchev–Trinajstić information content (AvgIpc) is 3.18. The van der Waals surface area contributed by atoms with Gasteiger partial charge in [0.15, 0.2) is 0 Å². The Morgan fingerprint density at radius 1 is 1.00 bits per heavy atom. The number of carbonyl (C=O) groups excluding carboxylic acids is 1. The van der Waals surface area contributed by atoms with Crippen LogP contribution in [0.15, 0.2) is 60.7 Å². The molecule has 0 unspecified atom stereocenters. The summed E-state index contributed by atoms with van der Waals surface area (Å²) in [7, 11) is 0. The Hall–Kier alpha value is -2.13. The van der Waals surface area contributed by atoms with Crippen molar-refractivity contribution in [2.75, 3.05) is 19.6 Å². The topological polar surface area (TPSA) is 32.3 Å². The van der Waals surface area contributed by atoms with Crippen LogP contribution >= 0.6 is 0 Å². The lowest BCUT2D eigenvalue weighted by atomic mass is 9.83. The Morgan fingerprint density at radius 3 is 2.16 bits per heavy atom. The van der Waals surface area contributed by atoms with Crippen LogP contribution in [0.3, 0.4) is 0 Å². The molecule has 0 bridgehead atoms. The van der Waals surface area contributed by atoms with E-state index >= 15 is 0 Å². The summed E-state index contributed by atoms with van der Waals surface area (Å²) in [4.78, 5) is 15.4. The van der Waals surface area contributed by atoms with E-state index in [1.165, 1.54) is 18.4 Å². The maximum Gasteiger partial charge on any atom is 0.230 e. The molecule has 1 fully saturated rings. The van der Waals surface area contributed by atoms with Crippen LogP contribution in [0.5, 0.6) is 0 Å². The van der Waals surface area contributed by atoms with Crippen molar-refractivity contribution in [3.8, 4) is 0 Å². The van der Waals surface area contributed by atoms with Crippen LogP contribution in [0.2, 0.25) is 0 Å². The molecule has 1 aliphatic rings. The standard InChI is InChI=1S/C22H28N2O/c1-22(2,19-13-7-4-8-14-19)21(25)23-17-20(24-15-9-10-16-24)18-11-5-3-6-12-18/h3-8,11-14,20H,9-10,15-17H2,1-2H3,(H,23,25)/t20-/m1/s1. The van der Waals surface area contributed by atoms with Crippen LogP contribution in [-0.2, 0) is 10.2 Å². The van der Waals surface area contributed by atoms with E-state index in [9.17, 15) is 4.79 Å². The molecule has 1 atom stereocenters. The minimum atomic E-state index is -0.534. The zero-order valence-corrected chi connectivity index (χ0v) is 15.2. The van der Waals surface area contributed by atoms with Gasteiger partial charge < -0.3 is 5.32 Å². The third-order valence-electron chi connectivity index (χ3n) is 5.28. The first kappa shape index (κ1) is 17.7. The first-order chi connectivity index (χ1) is 12.1. The van der Waals surface area contributed by atoms with Gasteiger partial charge in [0.1, 0.15) is 0 Å². The van der Waals surface area contributed by atoms with Crippen molar-refractivity contribution in [1.82, 2.24) is 10.2 Å². The van der Waals surface area contributed by atoms with Crippen molar-refractivity contribution >= 4 is 5.91 Å². The zero-order chi connectivity index (χ0) is 17.7. The number of nitrogens with one attached hydrogen (secondary N) is 1. The molecule has 3 heteroatoms. The van der Waals surface area contributed by atoms with Crippen molar-refractivity contribution in [3.63, 3.8) is 0 Å². The Kier molecular flexibility index (Phi) is 5.54. The van der Waals surface area contributed by atoms with E-state index in [2.05, 4.69) is 34.5 Å². The van der Waals surface area contributed by atoms with Gasteiger partial charge >= 0.3 is 0 Å². The van der Waals surface area contributed by atoms with Crippen molar-refractivity contribution in [1.29, 1.82) is 0 Å². The molecule has 2 aromatic rings. The molecule has 25 heavy (non-hydrogen) atoms. The van der Waals surface area contributed by atoms with E-state index in [1.807, 2.05) is 50.2 Å². The molecule has 1 N–H and O–H groups in total. The molecular formula is C22H28N2O. The molecule has 0 aromatic heterocycles. The number of nitrogens with zero attached hydrogens (tertiary/aromatic N) is 1. The average molecular weight is 336 g/mol. The van der Waals surface area contributed by atoms with Gasteiger partial charge in [-0.1, -0.05) is 60.7 Å². The molecule has 0 saturated carbocycles. The molecule has 0 radical (unpaired) electrons. The quantitative estimate of drug-likeness (QED) is 0.867. The first-order valence-corrected chi connectivity index (χ1v) is 9.22. The van der Waals surface area contributed by atoms with Crippen LogP contribution in [-0.4, -0.2) is 30.4 Å². The van der Waals surface area contributed by atoms with E-state index in [4.69, 9.17) is 0 Å². The number of hydrogen-bond acceptors (Lipinski definition) is 2. The number of carbonyl (C=O) groups is 1. The van der Waals surface area contributed by atoms with Gasteiger partial charge in [0.05, 0.1) is 11.5 Å². The molecule has 3 rings (SSSR count). The highest BCUT2D eigenvalue weighted by molar-refractivity contribution is 5.87. The highest BCUT2D eigenvalue weighted by Crippen LogP contribution is 2.26. The number of benzene rings is 2. The number of amides is 1. The van der Waals surface area contributed by atoms with Gasteiger partial charge in [-0.2, -0.15) is 0 Å². The van der Waals surface area contributed by atoms with E-state index in [-0.39, 0.29) is 11.9 Å². The minimum Gasteiger partial charge on any atom is -0.353 e. The monoisotopic (exact) mass is 336 g/mol. The fraction of sp³-hybridized carbons (Fsp3) is 0.409. The van der Waals surface area contributed by atoms with Gasteiger partial charge in [-0.05, 0) is 50.9 Å². The van der Waals surface area contributed by atoms with Gasteiger partial charge in [0, 0.05) is 6.54 Å². The summed E-state index contributed by atoms with van der Waals surface area (Å²) in [6.45, 7) is 6.85. The highest BCUT2D eigenvalue weighted by atomic mass is 16.2. The summed E-state index contributed by atoms with van der Waals surface area (Å²) in [6, 6.07) is 20.8. The molecule has 1 saturated heterocycles. The maximum atomic E-state index is 12.9. The predicted octanol–water partition coefficient (Wildman–Crippen LogP) is 3.92. The summed E-state index contributed by atoms with van der Waals surface area (Å²) < 4.78 is 0. The molecule has 1 amide bonds. The second kappa shape index (κ2) is 7.83. The first-order valence-electron chi connectivity index (χ1n) is 9.22. The van der Waals surface area contributed by atoms with E-state index in [0.717, 1.165) is 18.7 Å². The van der Waals surface area contributed by atoms with Crippen LogP contribution in [0.4, 0.5) is 0 Å². The molecule has 3 nitrogen and oxygen atoms in total. The van der Waals surface area contributed by atoms with Gasteiger partial charge in [-0.3, -0.25) is 9.69 Å². The van der Waals surface area contributed by atoms with Gasteiger partial charge in [-0.15, -0.1) is 0 Å². The van der Waals surface area contributed by atoms with Crippen molar-refractivity contribution in [2.24, 2.45) is 0 Å². The Morgan fingerprint density at radius 2 is 1.56 bits per heavy atom. The lowest BCUT2D eigenvalue weighted by molar-refractivity contribution is -0.125. The third kappa shape index (κ3) is 4.10. The van der Waals surface area contributed by atoms with Crippen molar-refractivity contribution in [2.45, 2.75) is 38.1 Å². The number of likely N-dealkylation sites (tertiary alicyclic amines) is 1. The molecule has 2 aromatic carbocycles. The Balaban J connectivity index is 1.71. The number of hydrogen-bond donors (Lipinski definition) is 1. The zero-order valence-electron chi connectivity index (χ0n) is 15.2. The van der Waals surface area contributed by atoms with Gasteiger partial charge in [0.2, 0.25) is 5.91 Å². The van der Waals surface area contributed by atoms with Crippen molar-refractivity contribution < 1.29 is 4.79 Å². The normalized spacial score (nSPS) is 16.6.